The van der Waals surface area contributed by atoms with E-state index in [0.29, 0.717) is 13.1 Å². The van der Waals surface area contributed by atoms with Crippen molar-refractivity contribution in [3.63, 3.8) is 0 Å². The summed E-state index contributed by atoms with van der Waals surface area (Å²) in [6.45, 7) is 13.5. The minimum atomic E-state index is -0.455. The lowest BCUT2D eigenvalue weighted by molar-refractivity contribution is -0.153. The minimum Gasteiger partial charge on any atom is -0.444 e. The van der Waals surface area contributed by atoms with Crippen LogP contribution in [0.15, 0.2) is 12.7 Å². The van der Waals surface area contributed by atoms with Crippen LogP contribution in [0.3, 0.4) is 0 Å². The number of ether oxygens (including phenoxy) is 1. The third-order valence-corrected chi connectivity index (χ3v) is 4.71. The van der Waals surface area contributed by atoms with E-state index in [2.05, 4.69) is 13.5 Å². The lowest BCUT2D eigenvalue weighted by atomic mass is 9.66. The fraction of sp³-hybridized carbons (Fsp3) is 0.750. The van der Waals surface area contributed by atoms with Crippen LogP contribution < -0.4 is 0 Å². The van der Waals surface area contributed by atoms with E-state index in [4.69, 9.17) is 4.74 Å². The quantitative estimate of drug-likeness (QED) is 0.698. The summed E-state index contributed by atoms with van der Waals surface area (Å²) in [5, 5.41) is 0. The van der Waals surface area contributed by atoms with Crippen molar-refractivity contribution in [1.29, 1.82) is 0 Å². The van der Waals surface area contributed by atoms with Gasteiger partial charge in [0.05, 0.1) is 0 Å². The first-order valence-corrected chi connectivity index (χ1v) is 7.59. The summed E-state index contributed by atoms with van der Waals surface area (Å²) in [5.41, 5.74) is -0.291. The van der Waals surface area contributed by atoms with Crippen LogP contribution in [-0.2, 0) is 9.53 Å². The van der Waals surface area contributed by atoms with Crippen molar-refractivity contribution in [2.75, 3.05) is 19.6 Å². The molecule has 1 unspecified atom stereocenters. The van der Waals surface area contributed by atoms with Gasteiger partial charge in [-0.15, -0.1) is 0 Å². The van der Waals surface area contributed by atoms with Gasteiger partial charge in [-0.1, -0.05) is 6.58 Å². The summed E-state index contributed by atoms with van der Waals surface area (Å²) in [6, 6.07) is 0.226. The molecule has 2 fully saturated rings. The molecule has 2 aliphatic rings. The average Bonchev–Trinajstić information content (AvgIpc) is 2.42. The zero-order chi connectivity index (χ0) is 15.8. The molecule has 5 heteroatoms. The van der Waals surface area contributed by atoms with E-state index in [-0.39, 0.29) is 23.5 Å². The van der Waals surface area contributed by atoms with Crippen LogP contribution in [0, 0.1) is 5.41 Å². The smallest absolute Gasteiger partial charge is 0.410 e. The topological polar surface area (TPSA) is 49.9 Å². The highest BCUT2D eigenvalue weighted by Gasteiger charge is 2.52. The molecule has 2 aliphatic heterocycles. The standard InChI is InChI=1S/C16H26N2O3/c1-6-13(19)18-11-16(12(18)2)7-9-17(10-8-16)14(20)21-15(3,4)5/h6,12H,1,7-11H2,2-5H3. The number of hydrogen-bond donors (Lipinski definition) is 0. The van der Waals surface area contributed by atoms with Crippen molar-refractivity contribution in [2.45, 2.75) is 52.2 Å². The molecule has 0 radical (unpaired) electrons. The Kier molecular flexibility index (Phi) is 4.04. The fourth-order valence-corrected chi connectivity index (χ4v) is 3.25. The second kappa shape index (κ2) is 5.35. The summed E-state index contributed by atoms with van der Waals surface area (Å²) < 4.78 is 5.41. The SMILES string of the molecule is C=CC(=O)N1CC2(CCN(C(=O)OC(C)(C)C)CC2)C1C. The number of rotatable bonds is 1. The summed E-state index contributed by atoms with van der Waals surface area (Å²) in [5.74, 6) is 0.00250. The van der Waals surface area contributed by atoms with Gasteiger partial charge in [0.2, 0.25) is 5.91 Å². The summed E-state index contributed by atoms with van der Waals surface area (Å²) >= 11 is 0. The Morgan fingerprint density at radius 2 is 1.86 bits per heavy atom. The zero-order valence-electron chi connectivity index (χ0n) is 13.5. The number of amides is 2. The van der Waals surface area contributed by atoms with Crippen molar-refractivity contribution < 1.29 is 14.3 Å². The number of hydrogen-bond acceptors (Lipinski definition) is 3. The van der Waals surface area contributed by atoms with E-state index >= 15 is 0 Å². The predicted octanol–water partition coefficient (Wildman–Crippen LogP) is 2.42. The second-order valence-corrected chi connectivity index (χ2v) is 7.18. The Morgan fingerprint density at radius 3 is 2.29 bits per heavy atom. The molecule has 0 aromatic carbocycles. The molecule has 2 heterocycles. The van der Waals surface area contributed by atoms with Gasteiger partial charge < -0.3 is 14.5 Å². The lowest BCUT2D eigenvalue weighted by Gasteiger charge is -2.59. The first kappa shape index (κ1) is 15.9. The maximum Gasteiger partial charge on any atom is 0.410 e. The van der Waals surface area contributed by atoms with E-state index in [1.165, 1.54) is 6.08 Å². The van der Waals surface area contributed by atoms with E-state index in [1.807, 2.05) is 25.7 Å². The molecule has 2 amide bonds. The number of carbonyl (C=O) groups excluding carboxylic acids is 2. The molecular weight excluding hydrogens is 268 g/mol. The first-order chi connectivity index (χ1) is 9.68. The monoisotopic (exact) mass is 294 g/mol. The maximum absolute atomic E-state index is 12.1. The van der Waals surface area contributed by atoms with E-state index in [0.717, 1.165) is 19.4 Å². The van der Waals surface area contributed by atoms with E-state index < -0.39 is 5.60 Å². The average molecular weight is 294 g/mol. The van der Waals surface area contributed by atoms with Crippen molar-refractivity contribution in [2.24, 2.45) is 5.41 Å². The minimum absolute atomic E-state index is 0.00250. The van der Waals surface area contributed by atoms with Crippen molar-refractivity contribution in [3.8, 4) is 0 Å². The van der Waals surface area contributed by atoms with Crippen LogP contribution in [0.4, 0.5) is 4.79 Å². The van der Waals surface area contributed by atoms with E-state index in [9.17, 15) is 9.59 Å². The highest BCUT2D eigenvalue weighted by molar-refractivity contribution is 5.88. The van der Waals surface area contributed by atoms with Crippen molar-refractivity contribution >= 4 is 12.0 Å². The fourth-order valence-electron chi connectivity index (χ4n) is 3.25. The Balaban J connectivity index is 1.88. The molecule has 0 saturated carbocycles. The molecule has 1 spiro atoms. The van der Waals surface area contributed by atoms with Gasteiger partial charge in [-0.3, -0.25) is 4.79 Å². The molecule has 118 valence electrons. The molecule has 0 bridgehead atoms. The number of nitrogens with zero attached hydrogens (tertiary/aromatic N) is 2. The molecule has 0 aromatic rings. The molecule has 5 nitrogen and oxygen atoms in total. The molecular formula is C16H26N2O3. The van der Waals surface area contributed by atoms with Gasteiger partial charge in [0.1, 0.15) is 5.60 Å². The van der Waals surface area contributed by atoms with Crippen LogP contribution in [0.5, 0.6) is 0 Å². The van der Waals surface area contributed by atoms with Gasteiger partial charge in [-0.05, 0) is 46.6 Å². The third-order valence-electron chi connectivity index (χ3n) is 4.71. The molecule has 0 aliphatic carbocycles. The Labute approximate surface area is 126 Å². The largest absolute Gasteiger partial charge is 0.444 e. The highest BCUT2D eigenvalue weighted by Crippen LogP contribution is 2.46. The van der Waals surface area contributed by atoms with Crippen LogP contribution in [-0.4, -0.2) is 53.1 Å². The van der Waals surface area contributed by atoms with Crippen LogP contribution in [0.1, 0.15) is 40.5 Å². The van der Waals surface area contributed by atoms with Gasteiger partial charge in [-0.25, -0.2) is 4.79 Å². The van der Waals surface area contributed by atoms with Gasteiger partial charge in [0.15, 0.2) is 0 Å². The van der Waals surface area contributed by atoms with E-state index in [1.54, 1.807) is 4.90 Å². The Hall–Kier alpha value is -1.52. The highest BCUT2D eigenvalue weighted by atomic mass is 16.6. The van der Waals surface area contributed by atoms with Gasteiger partial charge in [0.25, 0.3) is 0 Å². The van der Waals surface area contributed by atoms with Gasteiger partial charge >= 0.3 is 6.09 Å². The van der Waals surface area contributed by atoms with Gasteiger partial charge in [-0.2, -0.15) is 0 Å². The molecule has 2 rings (SSSR count). The van der Waals surface area contributed by atoms with Gasteiger partial charge in [0, 0.05) is 31.1 Å². The summed E-state index contributed by atoms with van der Waals surface area (Å²) in [7, 11) is 0. The Morgan fingerprint density at radius 1 is 1.29 bits per heavy atom. The molecule has 0 N–H and O–H groups in total. The predicted molar refractivity (Wildman–Crippen MR) is 80.8 cm³/mol. The summed E-state index contributed by atoms with van der Waals surface area (Å²) in [4.78, 5) is 27.4. The summed E-state index contributed by atoms with van der Waals surface area (Å²) in [6.07, 6.45) is 2.99. The van der Waals surface area contributed by atoms with Crippen molar-refractivity contribution in [3.05, 3.63) is 12.7 Å². The van der Waals surface area contributed by atoms with Crippen LogP contribution in [0.25, 0.3) is 0 Å². The number of piperidine rings is 1. The third kappa shape index (κ3) is 3.06. The van der Waals surface area contributed by atoms with Crippen LogP contribution in [0.2, 0.25) is 0 Å². The lowest BCUT2D eigenvalue weighted by Crippen LogP contribution is -2.67. The van der Waals surface area contributed by atoms with Crippen molar-refractivity contribution in [1.82, 2.24) is 9.80 Å². The maximum atomic E-state index is 12.1. The molecule has 21 heavy (non-hydrogen) atoms. The van der Waals surface area contributed by atoms with Crippen LogP contribution >= 0.6 is 0 Å². The number of carbonyl (C=O) groups is 2. The Bertz CT molecular complexity index is 445. The normalized spacial score (nSPS) is 24.5. The second-order valence-electron chi connectivity index (χ2n) is 7.18. The molecule has 1 atom stereocenters. The molecule has 0 aromatic heterocycles. The molecule has 2 saturated heterocycles. The zero-order valence-corrected chi connectivity index (χ0v) is 13.5. The number of likely N-dealkylation sites (tertiary alicyclic amines) is 2. The first-order valence-electron chi connectivity index (χ1n) is 7.59.